The predicted octanol–water partition coefficient (Wildman–Crippen LogP) is 12.9. The van der Waals surface area contributed by atoms with Crippen LogP contribution in [0.4, 0.5) is 0 Å². The summed E-state index contributed by atoms with van der Waals surface area (Å²) in [5, 5.41) is 0. The van der Waals surface area contributed by atoms with Gasteiger partial charge in [0.25, 0.3) is 5.82 Å². The van der Waals surface area contributed by atoms with E-state index >= 15 is 0 Å². The largest absolute Gasteiger partial charge is 0.257 e. The Morgan fingerprint density at radius 2 is 0.821 bits per heavy atom. The second-order valence-electron chi connectivity index (χ2n) is 12.9. The molecule has 2 atom stereocenters. The van der Waals surface area contributed by atoms with Gasteiger partial charge in [0.1, 0.15) is 12.4 Å². The zero-order valence-electron chi connectivity index (χ0n) is 27.6. The minimum absolute atomic E-state index is 0.621. The fraction of sp³-hybridized carbons (Fsp3) is 0.919. The van der Waals surface area contributed by atoms with Crippen LogP contribution in [0, 0.1) is 0 Å². The third kappa shape index (κ3) is 19.8. The van der Waals surface area contributed by atoms with Gasteiger partial charge >= 0.3 is 0 Å². The molecule has 1 rings (SSSR count). The summed E-state index contributed by atoms with van der Waals surface area (Å²) in [4.78, 5) is 3.73. The van der Waals surface area contributed by atoms with Crippen LogP contribution in [0.2, 0.25) is 0 Å². The van der Waals surface area contributed by atoms with Crippen LogP contribution in [0.5, 0.6) is 0 Å². The van der Waals surface area contributed by atoms with Gasteiger partial charge in [-0.05, 0) is 32.6 Å². The van der Waals surface area contributed by atoms with Crippen LogP contribution in [0.1, 0.15) is 225 Å². The first-order valence-corrected chi connectivity index (χ1v) is 18.3. The Bertz CT molecular complexity index is 606. The summed E-state index contributed by atoms with van der Waals surface area (Å²) in [7, 11) is 0. The van der Waals surface area contributed by atoms with Gasteiger partial charge in [-0.25, -0.2) is 9.55 Å². The standard InChI is InChI=1S/C37H72N2/c1-5-8-11-14-16-18-19-20-21-23-26-29-32-36(31-28-25-22-17-15-12-9-6-2)37-38-33-34-39(37)35(4)30-27-24-13-10-7-3/h33-36H,5-32H2,1-4H3/p+1. The lowest BCUT2D eigenvalue weighted by Crippen LogP contribution is -2.41. The van der Waals surface area contributed by atoms with Crippen LogP contribution in [0.25, 0.3) is 0 Å². The Labute approximate surface area is 246 Å². The molecule has 2 nitrogen and oxygen atoms in total. The SMILES string of the molecule is CCCCCCCCCCCCCCC(CCCCCCCCCC)c1[nH]cc[n+]1C(C)CCCCCCC. The molecular formula is C37H73N2+. The number of aromatic amines is 1. The van der Waals surface area contributed by atoms with Crippen molar-refractivity contribution in [2.24, 2.45) is 0 Å². The number of unbranched alkanes of at least 4 members (excludes halogenated alkanes) is 22. The molecule has 0 saturated heterocycles. The lowest BCUT2D eigenvalue weighted by Gasteiger charge is -2.17. The monoisotopic (exact) mass is 546 g/mol. The molecule has 0 fully saturated rings. The number of imidazole rings is 1. The maximum atomic E-state index is 3.73. The summed E-state index contributed by atoms with van der Waals surface area (Å²) in [5.41, 5.74) is 0. The summed E-state index contributed by atoms with van der Waals surface area (Å²) in [6.07, 6.45) is 44.2. The van der Waals surface area contributed by atoms with Crippen molar-refractivity contribution in [3.05, 3.63) is 18.2 Å². The molecule has 0 bridgehead atoms. The van der Waals surface area contributed by atoms with E-state index in [1.165, 1.54) is 186 Å². The number of H-pyrrole nitrogens is 1. The Kier molecular flexibility index (Phi) is 25.4. The van der Waals surface area contributed by atoms with Gasteiger partial charge in [-0.1, -0.05) is 175 Å². The lowest BCUT2D eigenvalue weighted by atomic mass is 9.92. The number of hydrogen-bond donors (Lipinski definition) is 1. The molecule has 2 unspecified atom stereocenters. The molecule has 1 heterocycles. The Balaban J connectivity index is 2.42. The quantitative estimate of drug-likeness (QED) is 0.0732. The van der Waals surface area contributed by atoms with Crippen LogP contribution in [-0.2, 0) is 0 Å². The summed E-state index contributed by atoms with van der Waals surface area (Å²) >= 11 is 0. The summed E-state index contributed by atoms with van der Waals surface area (Å²) in [6.45, 7) is 9.39. The van der Waals surface area contributed by atoms with Crippen molar-refractivity contribution in [2.75, 3.05) is 0 Å². The molecule has 2 heteroatoms. The third-order valence-corrected chi connectivity index (χ3v) is 9.14. The molecule has 1 aromatic heterocycles. The fourth-order valence-electron chi connectivity index (χ4n) is 6.43. The van der Waals surface area contributed by atoms with E-state index in [0.29, 0.717) is 12.0 Å². The molecule has 0 aliphatic heterocycles. The average Bonchev–Trinajstić information content (AvgIpc) is 3.43. The van der Waals surface area contributed by atoms with E-state index in [4.69, 9.17) is 0 Å². The van der Waals surface area contributed by atoms with Gasteiger partial charge < -0.3 is 0 Å². The maximum absolute atomic E-state index is 3.73. The van der Waals surface area contributed by atoms with Crippen molar-refractivity contribution in [3.8, 4) is 0 Å². The smallest absolute Gasteiger partial charge is 0.247 e. The van der Waals surface area contributed by atoms with Crippen LogP contribution < -0.4 is 4.57 Å². The number of nitrogens with one attached hydrogen (secondary N) is 1. The first kappa shape index (κ1) is 36.2. The van der Waals surface area contributed by atoms with E-state index < -0.39 is 0 Å². The highest BCUT2D eigenvalue weighted by Gasteiger charge is 2.25. The van der Waals surface area contributed by atoms with E-state index in [1.54, 1.807) is 0 Å². The van der Waals surface area contributed by atoms with Crippen molar-refractivity contribution in [1.82, 2.24) is 4.98 Å². The highest BCUT2D eigenvalue weighted by Crippen LogP contribution is 2.27. The molecule has 0 aliphatic rings. The molecule has 0 spiro atoms. The molecule has 39 heavy (non-hydrogen) atoms. The van der Waals surface area contributed by atoms with Crippen LogP contribution in [0.3, 0.4) is 0 Å². The number of nitrogens with zero attached hydrogens (tertiary/aromatic N) is 1. The maximum Gasteiger partial charge on any atom is 0.257 e. The third-order valence-electron chi connectivity index (χ3n) is 9.14. The molecule has 0 aromatic carbocycles. The molecule has 230 valence electrons. The molecule has 1 aromatic rings. The van der Waals surface area contributed by atoms with E-state index in [9.17, 15) is 0 Å². The first-order chi connectivity index (χ1) is 19.2. The average molecular weight is 546 g/mol. The van der Waals surface area contributed by atoms with E-state index in [-0.39, 0.29) is 0 Å². The van der Waals surface area contributed by atoms with Crippen LogP contribution in [-0.4, -0.2) is 4.98 Å². The van der Waals surface area contributed by atoms with Gasteiger partial charge in [-0.3, -0.25) is 0 Å². The van der Waals surface area contributed by atoms with Crippen molar-refractivity contribution in [3.63, 3.8) is 0 Å². The highest BCUT2D eigenvalue weighted by atomic mass is 15.1. The van der Waals surface area contributed by atoms with E-state index in [0.717, 1.165) is 0 Å². The van der Waals surface area contributed by atoms with Crippen molar-refractivity contribution in [2.45, 2.75) is 219 Å². The minimum Gasteiger partial charge on any atom is -0.247 e. The topological polar surface area (TPSA) is 19.7 Å². The molecule has 0 aliphatic carbocycles. The van der Waals surface area contributed by atoms with E-state index in [2.05, 4.69) is 49.6 Å². The van der Waals surface area contributed by atoms with Gasteiger partial charge in [-0.15, -0.1) is 0 Å². The Morgan fingerprint density at radius 1 is 0.487 bits per heavy atom. The molecule has 0 saturated carbocycles. The summed E-state index contributed by atoms with van der Waals surface area (Å²) in [5.74, 6) is 2.24. The van der Waals surface area contributed by atoms with E-state index in [1.807, 2.05) is 0 Å². The van der Waals surface area contributed by atoms with Gasteiger partial charge in [0.2, 0.25) is 0 Å². The first-order valence-electron chi connectivity index (χ1n) is 18.3. The molecule has 0 radical (unpaired) electrons. The number of hydrogen-bond acceptors (Lipinski definition) is 0. The Morgan fingerprint density at radius 3 is 1.21 bits per heavy atom. The zero-order chi connectivity index (χ0) is 28.2. The van der Waals surface area contributed by atoms with Crippen molar-refractivity contribution < 1.29 is 4.57 Å². The van der Waals surface area contributed by atoms with Crippen LogP contribution >= 0.6 is 0 Å². The second-order valence-corrected chi connectivity index (χ2v) is 12.9. The van der Waals surface area contributed by atoms with Crippen molar-refractivity contribution in [1.29, 1.82) is 0 Å². The molecule has 0 amide bonds. The van der Waals surface area contributed by atoms with Gasteiger partial charge in [0, 0.05) is 0 Å². The van der Waals surface area contributed by atoms with Crippen LogP contribution in [0.15, 0.2) is 12.4 Å². The van der Waals surface area contributed by atoms with Gasteiger partial charge in [0.05, 0.1) is 12.0 Å². The highest BCUT2D eigenvalue weighted by molar-refractivity contribution is 4.90. The minimum atomic E-state index is 0.621. The zero-order valence-corrected chi connectivity index (χ0v) is 27.6. The normalized spacial score (nSPS) is 13.2. The van der Waals surface area contributed by atoms with Crippen molar-refractivity contribution >= 4 is 0 Å². The van der Waals surface area contributed by atoms with Gasteiger partial charge in [-0.2, -0.15) is 0 Å². The predicted molar refractivity (Wildman–Crippen MR) is 175 cm³/mol. The Hall–Kier alpha value is -0.790. The number of aromatic nitrogens is 2. The lowest BCUT2D eigenvalue weighted by molar-refractivity contribution is -0.727. The summed E-state index contributed by atoms with van der Waals surface area (Å²) in [6, 6.07) is 0.621. The van der Waals surface area contributed by atoms with Gasteiger partial charge in [0.15, 0.2) is 0 Å². The summed E-state index contributed by atoms with van der Waals surface area (Å²) < 4.78 is 2.62. The molecule has 1 N–H and O–H groups in total. The fourth-order valence-corrected chi connectivity index (χ4v) is 6.43. The second kappa shape index (κ2) is 27.4. The number of rotatable bonds is 30. The molecular weight excluding hydrogens is 472 g/mol.